The van der Waals surface area contributed by atoms with Gasteiger partial charge in [0, 0.05) is 29.8 Å². The number of non-ortho nitro benzene ring substituents is 1. The van der Waals surface area contributed by atoms with Crippen LogP contribution in [0.25, 0.3) is 0 Å². The maximum Gasteiger partial charge on any atom is 0.270 e. The number of hydrogen-bond acceptors (Lipinski definition) is 4. The minimum atomic E-state index is -0.379. The third kappa shape index (κ3) is 3.70. The Morgan fingerprint density at radius 1 is 1.25 bits per heavy atom. The summed E-state index contributed by atoms with van der Waals surface area (Å²) in [5, 5.41) is 14.4. The lowest BCUT2D eigenvalue weighted by Gasteiger charge is -2.32. The van der Waals surface area contributed by atoms with E-state index in [1.165, 1.54) is 6.07 Å². The Morgan fingerprint density at radius 3 is 2.30 bits per heavy atom. The number of benzene rings is 1. The summed E-state index contributed by atoms with van der Waals surface area (Å²) in [6, 6.07) is 4.70. The Bertz CT molecular complexity index is 448. The predicted octanol–water partition coefficient (Wildman–Crippen LogP) is 3.66. The van der Waals surface area contributed by atoms with Crippen LogP contribution in [-0.2, 0) is 6.54 Å². The molecule has 0 fully saturated rings. The Kier molecular flexibility index (Phi) is 5.95. The molecule has 0 aliphatic carbocycles. The van der Waals surface area contributed by atoms with E-state index in [0.717, 1.165) is 24.8 Å². The van der Waals surface area contributed by atoms with Gasteiger partial charge in [0.25, 0.3) is 5.69 Å². The molecule has 0 heterocycles. The second kappa shape index (κ2) is 7.24. The zero-order chi connectivity index (χ0) is 15.2. The van der Waals surface area contributed by atoms with Crippen molar-refractivity contribution in [3.8, 4) is 5.75 Å². The second-order valence-corrected chi connectivity index (χ2v) is 4.95. The van der Waals surface area contributed by atoms with Crippen molar-refractivity contribution >= 4 is 5.69 Å². The topological polar surface area (TPSA) is 64.4 Å². The molecule has 0 aromatic heterocycles. The van der Waals surface area contributed by atoms with Crippen LogP contribution in [0.15, 0.2) is 18.2 Å². The van der Waals surface area contributed by atoms with Crippen molar-refractivity contribution in [1.82, 2.24) is 5.32 Å². The normalized spacial score (nSPS) is 11.4. The second-order valence-electron chi connectivity index (χ2n) is 4.95. The monoisotopic (exact) mass is 280 g/mol. The number of rotatable bonds is 8. The van der Waals surface area contributed by atoms with E-state index in [1.54, 1.807) is 19.2 Å². The van der Waals surface area contributed by atoms with Crippen molar-refractivity contribution in [3.63, 3.8) is 0 Å². The molecule has 0 amide bonds. The van der Waals surface area contributed by atoms with Crippen molar-refractivity contribution in [1.29, 1.82) is 0 Å². The molecule has 1 aromatic rings. The van der Waals surface area contributed by atoms with Crippen molar-refractivity contribution in [2.75, 3.05) is 7.11 Å². The van der Waals surface area contributed by atoms with E-state index in [4.69, 9.17) is 4.74 Å². The van der Waals surface area contributed by atoms with Crippen LogP contribution in [0.2, 0.25) is 0 Å². The number of ether oxygens (including phenoxy) is 1. The van der Waals surface area contributed by atoms with E-state index in [0.29, 0.717) is 12.3 Å². The molecular weight excluding hydrogens is 256 g/mol. The van der Waals surface area contributed by atoms with Gasteiger partial charge < -0.3 is 10.1 Å². The van der Waals surface area contributed by atoms with Gasteiger partial charge in [0.1, 0.15) is 5.75 Å². The quantitative estimate of drug-likeness (QED) is 0.583. The van der Waals surface area contributed by atoms with E-state index in [-0.39, 0.29) is 16.1 Å². The fourth-order valence-corrected chi connectivity index (χ4v) is 2.42. The Hall–Kier alpha value is -1.62. The standard InChI is InChI=1S/C15H24N2O3/c1-5-15(6-2,7-3)16-11-12-10-13(17(18)19)8-9-14(12)20-4/h8-10,16H,5-7,11H2,1-4H3. The summed E-state index contributed by atoms with van der Waals surface area (Å²) in [4.78, 5) is 10.5. The van der Waals surface area contributed by atoms with Crippen LogP contribution in [0, 0.1) is 10.1 Å². The summed E-state index contributed by atoms with van der Waals surface area (Å²) < 4.78 is 5.28. The molecule has 0 radical (unpaired) electrons. The largest absolute Gasteiger partial charge is 0.496 e. The summed E-state index contributed by atoms with van der Waals surface area (Å²) in [7, 11) is 1.58. The zero-order valence-corrected chi connectivity index (χ0v) is 12.7. The summed E-state index contributed by atoms with van der Waals surface area (Å²) >= 11 is 0. The first kappa shape index (κ1) is 16.4. The van der Waals surface area contributed by atoms with Crippen molar-refractivity contribution in [3.05, 3.63) is 33.9 Å². The highest BCUT2D eigenvalue weighted by molar-refractivity contribution is 5.43. The molecule has 0 aliphatic rings. The van der Waals surface area contributed by atoms with Gasteiger partial charge in [-0.05, 0) is 25.3 Å². The van der Waals surface area contributed by atoms with Crippen LogP contribution in [-0.4, -0.2) is 17.6 Å². The van der Waals surface area contributed by atoms with Gasteiger partial charge in [-0.1, -0.05) is 20.8 Å². The van der Waals surface area contributed by atoms with Crippen LogP contribution in [0.3, 0.4) is 0 Å². The highest BCUT2D eigenvalue weighted by Gasteiger charge is 2.23. The SMILES string of the molecule is CCC(CC)(CC)NCc1cc([N+](=O)[O-])ccc1OC. The summed E-state index contributed by atoms with van der Waals surface area (Å²) in [6.07, 6.45) is 3.08. The van der Waals surface area contributed by atoms with Crippen LogP contribution in [0.5, 0.6) is 5.75 Å². The molecule has 20 heavy (non-hydrogen) atoms. The molecule has 0 unspecified atom stereocenters. The zero-order valence-electron chi connectivity index (χ0n) is 12.7. The third-order valence-electron chi connectivity index (χ3n) is 4.16. The van der Waals surface area contributed by atoms with Gasteiger partial charge in [-0.3, -0.25) is 10.1 Å². The number of nitrogens with zero attached hydrogens (tertiary/aromatic N) is 1. The van der Waals surface area contributed by atoms with Crippen LogP contribution in [0.1, 0.15) is 45.6 Å². The number of methoxy groups -OCH3 is 1. The molecular formula is C15H24N2O3. The lowest BCUT2D eigenvalue weighted by Crippen LogP contribution is -2.43. The van der Waals surface area contributed by atoms with Gasteiger partial charge in [0.2, 0.25) is 0 Å². The van der Waals surface area contributed by atoms with Crippen molar-refractivity contribution in [2.24, 2.45) is 0 Å². The molecule has 0 spiro atoms. The van der Waals surface area contributed by atoms with Crippen LogP contribution < -0.4 is 10.1 Å². The molecule has 5 heteroatoms. The van der Waals surface area contributed by atoms with Crippen LogP contribution in [0.4, 0.5) is 5.69 Å². The van der Waals surface area contributed by atoms with E-state index in [2.05, 4.69) is 26.1 Å². The van der Waals surface area contributed by atoms with E-state index >= 15 is 0 Å². The van der Waals surface area contributed by atoms with Gasteiger partial charge in [-0.15, -0.1) is 0 Å². The maximum atomic E-state index is 10.9. The number of nitrogens with one attached hydrogen (secondary N) is 1. The van der Waals surface area contributed by atoms with E-state index < -0.39 is 0 Å². The van der Waals surface area contributed by atoms with Crippen LogP contribution >= 0.6 is 0 Å². The smallest absolute Gasteiger partial charge is 0.270 e. The molecule has 0 bridgehead atoms. The van der Waals surface area contributed by atoms with Gasteiger partial charge in [-0.2, -0.15) is 0 Å². The Balaban J connectivity index is 2.95. The average molecular weight is 280 g/mol. The average Bonchev–Trinajstić information content (AvgIpc) is 2.49. The van der Waals surface area contributed by atoms with Gasteiger partial charge in [-0.25, -0.2) is 0 Å². The highest BCUT2D eigenvalue weighted by atomic mass is 16.6. The van der Waals surface area contributed by atoms with E-state index in [1.807, 2.05) is 0 Å². The van der Waals surface area contributed by atoms with Gasteiger partial charge in [0.05, 0.1) is 12.0 Å². The Morgan fingerprint density at radius 2 is 1.85 bits per heavy atom. The lowest BCUT2D eigenvalue weighted by molar-refractivity contribution is -0.384. The molecule has 112 valence electrons. The van der Waals surface area contributed by atoms with Crippen molar-refractivity contribution in [2.45, 2.75) is 52.1 Å². The maximum absolute atomic E-state index is 10.9. The summed E-state index contributed by atoms with van der Waals surface area (Å²) in [6.45, 7) is 7.04. The number of hydrogen-bond donors (Lipinski definition) is 1. The molecule has 0 saturated heterocycles. The molecule has 0 atom stereocenters. The molecule has 0 aliphatic heterocycles. The third-order valence-corrected chi connectivity index (χ3v) is 4.16. The molecule has 0 saturated carbocycles. The van der Waals surface area contributed by atoms with Gasteiger partial charge in [0.15, 0.2) is 0 Å². The summed E-state index contributed by atoms with van der Waals surface area (Å²) in [5.41, 5.74) is 0.995. The fraction of sp³-hybridized carbons (Fsp3) is 0.600. The highest BCUT2D eigenvalue weighted by Crippen LogP contribution is 2.26. The number of nitro benzene ring substituents is 1. The fourth-order valence-electron chi connectivity index (χ4n) is 2.42. The molecule has 1 rings (SSSR count). The molecule has 1 N–H and O–H groups in total. The first-order chi connectivity index (χ1) is 9.51. The molecule has 1 aromatic carbocycles. The Labute approximate surface area is 120 Å². The number of nitro groups is 1. The first-order valence-corrected chi connectivity index (χ1v) is 7.08. The van der Waals surface area contributed by atoms with Crippen molar-refractivity contribution < 1.29 is 9.66 Å². The minimum absolute atomic E-state index is 0.0790. The first-order valence-electron chi connectivity index (χ1n) is 7.08. The van der Waals surface area contributed by atoms with E-state index in [9.17, 15) is 10.1 Å². The predicted molar refractivity (Wildman–Crippen MR) is 80.1 cm³/mol. The minimum Gasteiger partial charge on any atom is -0.496 e. The lowest BCUT2D eigenvalue weighted by atomic mass is 9.89. The van der Waals surface area contributed by atoms with Gasteiger partial charge >= 0.3 is 0 Å². The summed E-state index contributed by atoms with van der Waals surface area (Å²) in [5.74, 6) is 0.681. The molecule has 5 nitrogen and oxygen atoms in total.